The molecule has 0 saturated carbocycles. The van der Waals surface area contributed by atoms with Crippen LogP contribution in [-0.2, 0) is 0 Å². The second kappa shape index (κ2) is 2.75. The minimum absolute atomic E-state index is 0.115. The molecule has 1 aromatic rings. The van der Waals surface area contributed by atoms with Gasteiger partial charge in [-0.25, -0.2) is 4.98 Å². The summed E-state index contributed by atoms with van der Waals surface area (Å²) in [7, 11) is 0. The zero-order chi connectivity index (χ0) is 8.43. The van der Waals surface area contributed by atoms with Crippen molar-refractivity contribution in [1.82, 2.24) is 9.55 Å². The molecule has 1 aromatic heterocycles. The van der Waals surface area contributed by atoms with E-state index in [4.69, 9.17) is 5.26 Å². The molecule has 0 aliphatic carbocycles. The number of nitriles is 1. The molecule has 0 saturated heterocycles. The van der Waals surface area contributed by atoms with Gasteiger partial charge in [-0.15, -0.1) is 0 Å². The molecule has 3 nitrogen and oxygen atoms in total. The molecule has 1 heterocycles. The average Bonchev–Trinajstić information content (AvgIpc) is 2.32. The monoisotopic (exact) mass is 149 g/mol. The summed E-state index contributed by atoms with van der Waals surface area (Å²) in [5, 5.41) is 8.62. The van der Waals surface area contributed by atoms with E-state index in [0.29, 0.717) is 0 Å². The Morgan fingerprint density at radius 1 is 1.64 bits per heavy atom. The first-order valence-electron chi connectivity index (χ1n) is 3.56. The maximum absolute atomic E-state index is 8.62. The minimum atomic E-state index is -0.115. The lowest BCUT2D eigenvalue weighted by atomic mass is 10.3. The third-order valence-electron chi connectivity index (χ3n) is 1.89. The number of imidazole rings is 1. The highest BCUT2D eigenvalue weighted by molar-refractivity contribution is 5.11. The fourth-order valence-corrected chi connectivity index (χ4v) is 0.968. The Morgan fingerprint density at radius 3 is 2.64 bits per heavy atom. The van der Waals surface area contributed by atoms with Gasteiger partial charge in [0, 0.05) is 5.69 Å². The van der Waals surface area contributed by atoms with Crippen LogP contribution in [0.5, 0.6) is 0 Å². The zero-order valence-electron chi connectivity index (χ0n) is 7.00. The van der Waals surface area contributed by atoms with Crippen LogP contribution < -0.4 is 0 Å². The van der Waals surface area contributed by atoms with Crippen LogP contribution in [0.1, 0.15) is 24.4 Å². The summed E-state index contributed by atoms with van der Waals surface area (Å²) in [4.78, 5) is 4.10. The molecule has 0 aliphatic rings. The van der Waals surface area contributed by atoms with Gasteiger partial charge in [0.2, 0.25) is 0 Å². The van der Waals surface area contributed by atoms with Crippen LogP contribution in [0.4, 0.5) is 0 Å². The van der Waals surface area contributed by atoms with Gasteiger partial charge < -0.3 is 4.57 Å². The number of aromatic nitrogens is 2. The summed E-state index contributed by atoms with van der Waals surface area (Å²) in [5.41, 5.74) is 2.06. The van der Waals surface area contributed by atoms with E-state index in [2.05, 4.69) is 11.1 Å². The standard InChI is InChI=1S/C8H11N3/c1-6(4-9)11-5-10-7(2)8(11)3/h5-6H,1-3H3. The fourth-order valence-electron chi connectivity index (χ4n) is 0.968. The maximum Gasteiger partial charge on any atom is 0.119 e. The number of aryl methyl sites for hydroxylation is 1. The highest BCUT2D eigenvalue weighted by Crippen LogP contribution is 2.10. The first-order chi connectivity index (χ1) is 5.16. The Hall–Kier alpha value is -1.30. The second-order valence-corrected chi connectivity index (χ2v) is 2.63. The molecule has 58 valence electrons. The molecule has 1 atom stereocenters. The smallest absolute Gasteiger partial charge is 0.119 e. The molecule has 1 rings (SSSR count). The van der Waals surface area contributed by atoms with Crippen molar-refractivity contribution in [2.45, 2.75) is 26.8 Å². The van der Waals surface area contributed by atoms with Crippen LogP contribution in [0, 0.1) is 25.2 Å². The zero-order valence-corrected chi connectivity index (χ0v) is 7.00. The Labute approximate surface area is 66.3 Å². The Balaban J connectivity index is 3.07. The van der Waals surface area contributed by atoms with Crippen molar-refractivity contribution in [3.63, 3.8) is 0 Å². The van der Waals surface area contributed by atoms with Crippen LogP contribution in [0.3, 0.4) is 0 Å². The molecule has 0 radical (unpaired) electrons. The lowest BCUT2D eigenvalue weighted by Crippen LogP contribution is -2.02. The van der Waals surface area contributed by atoms with Crippen molar-refractivity contribution in [3.05, 3.63) is 17.7 Å². The van der Waals surface area contributed by atoms with Crippen LogP contribution in [0.2, 0.25) is 0 Å². The first kappa shape index (κ1) is 7.80. The van der Waals surface area contributed by atoms with Gasteiger partial charge in [0.15, 0.2) is 0 Å². The summed E-state index contributed by atoms with van der Waals surface area (Å²) in [6, 6.07) is 2.04. The highest BCUT2D eigenvalue weighted by atomic mass is 15.1. The lowest BCUT2D eigenvalue weighted by Gasteiger charge is -2.05. The van der Waals surface area contributed by atoms with Gasteiger partial charge in [0.05, 0.1) is 18.1 Å². The van der Waals surface area contributed by atoms with Crippen molar-refractivity contribution < 1.29 is 0 Å². The van der Waals surface area contributed by atoms with E-state index < -0.39 is 0 Å². The van der Waals surface area contributed by atoms with Crippen LogP contribution in [0.25, 0.3) is 0 Å². The third-order valence-corrected chi connectivity index (χ3v) is 1.89. The van der Waals surface area contributed by atoms with E-state index >= 15 is 0 Å². The third kappa shape index (κ3) is 1.25. The SMILES string of the molecule is Cc1ncn(C(C)C#N)c1C. The van der Waals surface area contributed by atoms with Crippen LogP contribution in [0.15, 0.2) is 6.33 Å². The first-order valence-corrected chi connectivity index (χ1v) is 3.56. The minimum Gasteiger partial charge on any atom is -0.318 e. The molecule has 0 spiro atoms. The molecule has 0 bridgehead atoms. The highest BCUT2D eigenvalue weighted by Gasteiger charge is 2.06. The number of nitrogens with zero attached hydrogens (tertiary/aromatic N) is 3. The summed E-state index contributed by atoms with van der Waals surface area (Å²) < 4.78 is 1.87. The molecule has 1 unspecified atom stereocenters. The van der Waals surface area contributed by atoms with Gasteiger partial charge >= 0.3 is 0 Å². The number of hydrogen-bond acceptors (Lipinski definition) is 2. The average molecular weight is 149 g/mol. The molecule has 0 fully saturated rings. The van der Waals surface area contributed by atoms with Crippen molar-refractivity contribution in [3.8, 4) is 6.07 Å². The van der Waals surface area contributed by atoms with Crippen molar-refractivity contribution in [2.24, 2.45) is 0 Å². The molecule has 0 aromatic carbocycles. The van der Waals surface area contributed by atoms with Crippen LogP contribution in [-0.4, -0.2) is 9.55 Å². The summed E-state index contributed by atoms with van der Waals surface area (Å²) >= 11 is 0. The Kier molecular flexibility index (Phi) is 1.95. The Morgan fingerprint density at radius 2 is 2.27 bits per heavy atom. The number of rotatable bonds is 1. The van der Waals surface area contributed by atoms with E-state index in [1.807, 2.05) is 25.3 Å². The van der Waals surface area contributed by atoms with Gasteiger partial charge in [0.1, 0.15) is 6.04 Å². The summed E-state index contributed by atoms with van der Waals surface area (Å²) in [6.45, 7) is 5.76. The molecular weight excluding hydrogens is 138 g/mol. The van der Waals surface area contributed by atoms with Crippen molar-refractivity contribution in [2.75, 3.05) is 0 Å². The van der Waals surface area contributed by atoms with Crippen molar-refractivity contribution in [1.29, 1.82) is 5.26 Å². The lowest BCUT2D eigenvalue weighted by molar-refractivity contribution is 0.653. The summed E-state index contributed by atoms with van der Waals surface area (Å²) in [5.74, 6) is 0. The van der Waals surface area contributed by atoms with Crippen molar-refractivity contribution >= 4 is 0 Å². The van der Waals surface area contributed by atoms with Gasteiger partial charge in [-0.2, -0.15) is 5.26 Å². The Bertz CT molecular complexity index is 293. The van der Waals surface area contributed by atoms with Gasteiger partial charge in [0.25, 0.3) is 0 Å². The van der Waals surface area contributed by atoms with E-state index in [0.717, 1.165) is 11.4 Å². The molecule has 0 amide bonds. The van der Waals surface area contributed by atoms with E-state index in [1.54, 1.807) is 6.33 Å². The molecule has 0 aliphatic heterocycles. The quantitative estimate of drug-likeness (QED) is 0.608. The normalized spacial score (nSPS) is 12.5. The molecular formula is C8H11N3. The topological polar surface area (TPSA) is 41.6 Å². The maximum atomic E-state index is 8.62. The summed E-state index contributed by atoms with van der Waals surface area (Å²) in [6.07, 6.45) is 1.71. The van der Waals surface area contributed by atoms with E-state index in [9.17, 15) is 0 Å². The van der Waals surface area contributed by atoms with Gasteiger partial charge in [-0.3, -0.25) is 0 Å². The molecule has 0 N–H and O–H groups in total. The van der Waals surface area contributed by atoms with Crippen LogP contribution >= 0.6 is 0 Å². The fraction of sp³-hybridized carbons (Fsp3) is 0.500. The predicted octanol–water partition coefficient (Wildman–Crippen LogP) is 1.58. The van der Waals surface area contributed by atoms with E-state index in [-0.39, 0.29) is 6.04 Å². The molecule has 3 heteroatoms. The largest absolute Gasteiger partial charge is 0.318 e. The van der Waals surface area contributed by atoms with Gasteiger partial charge in [-0.1, -0.05) is 0 Å². The number of hydrogen-bond donors (Lipinski definition) is 0. The van der Waals surface area contributed by atoms with E-state index in [1.165, 1.54) is 0 Å². The van der Waals surface area contributed by atoms with Gasteiger partial charge in [-0.05, 0) is 20.8 Å². The molecule has 11 heavy (non-hydrogen) atoms. The predicted molar refractivity (Wildman–Crippen MR) is 42.0 cm³/mol. The second-order valence-electron chi connectivity index (χ2n) is 2.63.